The van der Waals surface area contributed by atoms with Crippen LogP contribution in [0.1, 0.15) is 28.4 Å². The lowest BCUT2D eigenvalue weighted by molar-refractivity contribution is 0.0873. The summed E-state index contributed by atoms with van der Waals surface area (Å²) in [6, 6.07) is 11.1. The van der Waals surface area contributed by atoms with E-state index in [0.29, 0.717) is 18.0 Å². The van der Waals surface area contributed by atoms with Crippen molar-refractivity contribution in [3.05, 3.63) is 64.4 Å². The zero-order chi connectivity index (χ0) is 16.8. The Morgan fingerprint density at radius 1 is 1.30 bits per heavy atom. The van der Waals surface area contributed by atoms with E-state index in [0.717, 1.165) is 11.6 Å². The van der Waals surface area contributed by atoms with E-state index in [2.05, 4.69) is 5.32 Å². The van der Waals surface area contributed by atoms with Crippen LogP contribution in [0.5, 0.6) is 0 Å². The van der Waals surface area contributed by atoms with Crippen LogP contribution in [0.3, 0.4) is 0 Å². The molecule has 0 saturated carbocycles. The van der Waals surface area contributed by atoms with E-state index in [-0.39, 0.29) is 23.3 Å². The van der Waals surface area contributed by atoms with Gasteiger partial charge in [0.1, 0.15) is 5.82 Å². The second-order valence-electron chi connectivity index (χ2n) is 5.05. The van der Waals surface area contributed by atoms with Crippen LogP contribution in [-0.4, -0.2) is 19.6 Å². The van der Waals surface area contributed by atoms with Gasteiger partial charge in [0.05, 0.1) is 11.7 Å². The lowest BCUT2D eigenvalue weighted by atomic mass is 10.1. The van der Waals surface area contributed by atoms with Gasteiger partial charge in [-0.3, -0.25) is 4.79 Å². The Labute approximate surface area is 139 Å². The predicted molar refractivity (Wildman–Crippen MR) is 89.0 cm³/mol. The molecular weight excluding hydrogens is 319 g/mol. The Hall–Kier alpha value is -2.11. The van der Waals surface area contributed by atoms with Gasteiger partial charge in [-0.05, 0) is 42.3 Å². The molecule has 0 saturated heterocycles. The van der Waals surface area contributed by atoms with E-state index in [4.69, 9.17) is 22.1 Å². The van der Waals surface area contributed by atoms with Crippen LogP contribution in [0.4, 0.5) is 10.1 Å². The second kappa shape index (κ2) is 7.94. The number of carbonyl (C=O) groups excluding carboxylic acids is 1. The monoisotopic (exact) mass is 336 g/mol. The number of halogens is 2. The van der Waals surface area contributed by atoms with Crippen LogP contribution in [-0.2, 0) is 4.74 Å². The molecule has 0 fully saturated rings. The average Bonchev–Trinajstić information content (AvgIpc) is 2.52. The minimum atomic E-state index is -0.471. The molecule has 0 radical (unpaired) electrons. The van der Waals surface area contributed by atoms with Gasteiger partial charge in [0.15, 0.2) is 0 Å². The molecule has 2 aromatic rings. The third kappa shape index (κ3) is 4.68. The molecule has 0 aromatic heterocycles. The first-order valence-corrected chi connectivity index (χ1v) is 7.50. The van der Waals surface area contributed by atoms with E-state index in [1.54, 1.807) is 19.2 Å². The van der Waals surface area contributed by atoms with Crippen molar-refractivity contribution < 1.29 is 13.9 Å². The smallest absolute Gasteiger partial charge is 0.253 e. The van der Waals surface area contributed by atoms with E-state index in [9.17, 15) is 9.18 Å². The molecule has 0 bridgehead atoms. The van der Waals surface area contributed by atoms with Crippen molar-refractivity contribution in [2.75, 3.05) is 19.4 Å². The SMILES string of the molecule is COC(CCNC(=O)c1ccc(F)cc1N)c1ccc(Cl)cc1. The van der Waals surface area contributed by atoms with Crippen molar-refractivity contribution in [3.8, 4) is 0 Å². The third-order valence-electron chi connectivity index (χ3n) is 3.48. The number of hydrogen-bond acceptors (Lipinski definition) is 3. The highest BCUT2D eigenvalue weighted by molar-refractivity contribution is 6.30. The Morgan fingerprint density at radius 2 is 2.00 bits per heavy atom. The molecule has 1 amide bonds. The van der Waals surface area contributed by atoms with E-state index >= 15 is 0 Å². The molecule has 0 aliphatic heterocycles. The summed E-state index contributed by atoms with van der Waals surface area (Å²) in [6.07, 6.45) is 0.434. The van der Waals surface area contributed by atoms with E-state index < -0.39 is 5.82 Å². The van der Waals surface area contributed by atoms with Gasteiger partial charge in [-0.1, -0.05) is 23.7 Å². The van der Waals surface area contributed by atoms with Gasteiger partial charge in [0.25, 0.3) is 5.91 Å². The van der Waals surface area contributed by atoms with Crippen molar-refractivity contribution in [2.24, 2.45) is 0 Å². The molecule has 0 aliphatic carbocycles. The summed E-state index contributed by atoms with van der Waals surface area (Å²) in [5, 5.41) is 3.41. The van der Waals surface area contributed by atoms with Crippen molar-refractivity contribution in [1.82, 2.24) is 5.32 Å². The summed E-state index contributed by atoms with van der Waals surface area (Å²) in [5.41, 5.74) is 7.00. The maximum Gasteiger partial charge on any atom is 0.253 e. The number of carbonyl (C=O) groups is 1. The summed E-state index contributed by atoms with van der Waals surface area (Å²) in [4.78, 5) is 12.1. The van der Waals surface area contributed by atoms with Crippen LogP contribution >= 0.6 is 11.6 Å². The number of ether oxygens (including phenoxy) is 1. The second-order valence-corrected chi connectivity index (χ2v) is 5.49. The van der Waals surface area contributed by atoms with Gasteiger partial charge in [-0.2, -0.15) is 0 Å². The zero-order valence-corrected chi connectivity index (χ0v) is 13.4. The number of amides is 1. The van der Waals surface area contributed by atoms with Gasteiger partial charge in [-0.15, -0.1) is 0 Å². The third-order valence-corrected chi connectivity index (χ3v) is 3.73. The van der Waals surface area contributed by atoms with E-state index in [1.165, 1.54) is 12.1 Å². The number of anilines is 1. The molecule has 1 unspecified atom stereocenters. The molecule has 6 heteroatoms. The molecular formula is C17H18ClFN2O2. The quantitative estimate of drug-likeness (QED) is 0.793. The predicted octanol–water partition coefficient (Wildman–Crippen LogP) is 3.57. The Morgan fingerprint density at radius 3 is 2.61 bits per heavy atom. The highest BCUT2D eigenvalue weighted by Gasteiger charge is 2.13. The maximum absolute atomic E-state index is 13.0. The van der Waals surface area contributed by atoms with Crippen LogP contribution in [0, 0.1) is 5.82 Å². The first-order chi connectivity index (χ1) is 11.0. The molecule has 3 N–H and O–H groups in total. The number of rotatable bonds is 6. The number of methoxy groups -OCH3 is 1. The van der Waals surface area contributed by atoms with Gasteiger partial charge in [0.2, 0.25) is 0 Å². The summed E-state index contributed by atoms with van der Waals surface area (Å²) < 4.78 is 18.4. The lowest BCUT2D eigenvalue weighted by Crippen LogP contribution is -2.26. The number of nitrogen functional groups attached to an aromatic ring is 1. The molecule has 2 aromatic carbocycles. The van der Waals surface area contributed by atoms with E-state index in [1.807, 2.05) is 12.1 Å². The fourth-order valence-electron chi connectivity index (χ4n) is 2.25. The van der Waals surface area contributed by atoms with Crippen molar-refractivity contribution in [1.29, 1.82) is 0 Å². The fourth-order valence-corrected chi connectivity index (χ4v) is 2.38. The first kappa shape index (κ1) is 17.2. The Balaban J connectivity index is 1.92. The molecule has 2 rings (SSSR count). The van der Waals surface area contributed by atoms with Gasteiger partial charge < -0.3 is 15.8 Å². The highest BCUT2D eigenvalue weighted by Crippen LogP contribution is 2.22. The summed E-state index contributed by atoms with van der Waals surface area (Å²) in [6.45, 7) is 0.400. The minimum Gasteiger partial charge on any atom is -0.398 e. The highest BCUT2D eigenvalue weighted by atomic mass is 35.5. The topological polar surface area (TPSA) is 64.3 Å². The normalized spacial score (nSPS) is 12.0. The van der Waals surface area contributed by atoms with Crippen LogP contribution < -0.4 is 11.1 Å². The lowest BCUT2D eigenvalue weighted by Gasteiger charge is -2.16. The number of nitrogens with one attached hydrogen (secondary N) is 1. The minimum absolute atomic E-state index is 0.114. The molecule has 4 nitrogen and oxygen atoms in total. The summed E-state index contributed by atoms with van der Waals surface area (Å²) in [7, 11) is 1.61. The molecule has 23 heavy (non-hydrogen) atoms. The zero-order valence-electron chi connectivity index (χ0n) is 12.7. The van der Waals surface area contributed by atoms with Gasteiger partial charge >= 0.3 is 0 Å². The van der Waals surface area contributed by atoms with Crippen molar-refractivity contribution in [3.63, 3.8) is 0 Å². The maximum atomic E-state index is 13.0. The Bertz CT molecular complexity index is 677. The van der Waals surface area contributed by atoms with Crippen LogP contribution in [0.2, 0.25) is 5.02 Å². The molecule has 0 aliphatic rings. The summed E-state index contributed by atoms with van der Waals surface area (Å²) in [5.74, 6) is -0.810. The fraction of sp³-hybridized carbons (Fsp3) is 0.235. The van der Waals surface area contributed by atoms with Crippen LogP contribution in [0.25, 0.3) is 0 Å². The number of benzene rings is 2. The van der Waals surface area contributed by atoms with Crippen molar-refractivity contribution in [2.45, 2.75) is 12.5 Å². The number of hydrogen-bond donors (Lipinski definition) is 2. The van der Waals surface area contributed by atoms with Crippen LogP contribution in [0.15, 0.2) is 42.5 Å². The van der Waals surface area contributed by atoms with Gasteiger partial charge in [-0.25, -0.2) is 4.39 Å². The average molecular weight is 337 g/mol. The molecule has 0 heterocycles. The Kier molecular flexibility index (Phi) is 5.96. The summed E-state index contributed by atoms with van der Waals surface area (Å²) >= 11 is 5.86. The largest absolute Gasteiger partial charge is 0.398 e. The first-order valence-electron chi connectivity index (χ1n) is 7.12. The van der Waals surface area contributed by atoms with Crippen molar-refractivity contribution >= 4 is 23.2 Å². The standard InChI is InChI=1S/C17H18ClFN2O2/c1-23-16(11-2-4-12(18)5-3-11)8-9-21-17(22)14-7-6-13(19)10-15(14)20/h2-7,10,16H,8-9,20H2,1H3,(H,21,22). The molecule has 1 atom stereocenters. The molecule has 122 valence electrons. The molecule has 0 spiro atoms. The number of nitrogens with two attached hydrogens (primary N) is 1. The van der Waals surface area contributed by atoms with Gasteiger partial charge in [0, 0.05) is 24.4 Å².